The van der Waals surface area contributed by atoms with E-state index >= 15 is 0 Å². The van der Waals surface area contributed by atoms with Crippen LogP contribution in [0.2, 0.25) is 0 Å². The molecule has 1 atom stereocenters. The van der Waals surface area contributed by atoms with Crippen LogP contribution in [0.4, 0.5) is 10.1 Å². The van der Waals surface area contributed by atoms with Crippen molar-refractivity contribution in [3.8, 4) is 6.07 Å². The molecule has 0 aliphatic rings. The maximum absolute atomic E-state index is 13.0. The molecule has 5 heteroatoms. The van der Waals surface area contributed by atoms with Crippen molar-refractivity contribution in [3.63, 3.8) is 0 Å². The van der Waals surface area contributed by atoms with E-state index in [1.54, 1.807) is 6.07 Å². The minimum atomic E-state index is -0.596. The Morgan fingerprint density at radius 1 is 1.65 bits per heavy atom. The first kappa shape index (κ1) is 13.1. The quantitative estimate of drug-likeness (QED) is 0.834. The fraction of sp³-hybridized carbons (Fsp3) is 0.333. The first-order valence-corrected chi connectivity index (χ1v) is 5.28. The number of nitrogens with one attached hydrogen (secondary N) is 1. The van der Waals surface area contributed by atoms with Crippen LogP contribution in [0.1, 0.15) is 25.3 Å². The number of hydrogen-bond donors (Lipinski definition) is 2. The van der Waals surface area contributed by atoms with Crippen molar-refractivity contribution in [2.75, 3.05) is 5.32 Å². The van der Waals surface area contributed by atoms with Gasteiger partial charge in [-0.1, -0.05) is 0 Å². The van der Waals surface area contributed by atoms with E-state index in [9.17, 15) is 9.18 Å². The zero-order valence-corrected chi connectivity index (χ0v) is 9.53. The zero-order valence-electron chi connectivity index (χ0n) is 9.53. The molecular formula is C12H14FN3O. The number of nitrogens with two attached hydrogens (primary N) is 1. The third-order valence-electron chi connectivity index (χ3n) is 2.20. The highest BCUT2D eigenvalue weighted by atomic mass is 19.1. The van der Waals surface area contributed by atoms with Gasteiger partial charge < -0.3 is 11.1 Å². The highest BCUT2D eigenvalue weighted by Gasteiger charge is 2.07. The number of rotatable bonds is 4. The molecule has 1 rings (SSSR count). The van der Waals surface area contributed by atoms with Crippen molar-refractivity contribution in [1.82, 2.24) is 0 Å². The minimum absolute atomic E-state index is 0.0383. The fourth-order valence-electron chi connectivity index (χ4n) is 1.27. The van der Waals surface area contributed by atoms with E-state index in [1.165, 1.54) is 12.1 Å². The Bertz CT molecular complexity index is 452. The normalized spacial score (nSPS) is 11.6. The van der Waals surface area contributed by atoms with E-state index in [2.05, 4.69) is 5.32 Å². The van der Waals surface area contributed by atoms with E-state index in [1.807, 2.05) is 6.92 Å². The summed E-state index contributed by atoms with van der Waals surface area (Å²) in [6, 6.07) is 5.55. The van der Waals surface area contributed by atoms with Gasteiger partial charge in [-0.05, 0) is 31.5 Å². The molecule has 1 unspecified atom stereocenters. The second-order valence-corrected chi connectivity index (χ2v) is 3.87. The maximum Gasteiger partial charge on any atom is 0.224 e. The van der Waals surface area contributed by atoms with Crippen molar-refractivity contribution in [3.05, 3.63) is 29.6 Å². The van der Waals surface area contributed by atoms with Crippen LogP contribution in [0.5, 0.6) is 0 Å². The van der Waals surface area contributed by atoms with Crippen molar-refractivity contribution < 1.29 is 9.18 Å². The van der Waals surface area contributed by atoms with Gasteiger partial charge in [0.2, 0.25) is 5.91 Å². The predicted octanol–water partition coefficient (Wildman–Crippen LogP) is 1.76. The number of halogens is 1. The largest absolute Gasteiger partial charge is 0.328 e. The second kappa shape index (κ2) is 5.97. The van der Waals surface area contributed by atoms with Gasteiger partial charge in [-0.25, -0.2) is 4.39 Å². The van der Waals surface area contributed by atoms with Gasteiger partial charge in [-0.2, -0.15) is 5.26 Å². The molecule has 0 spiro atoms. The molecule has 0 aliphatic heterocycles. The molecule has 0 aliphatic carbocycles. The third kappa shape index (κ3) is 4.21. The topological polar surface area (TPSA) is 78.9 Å². The highest BCUT2D eigenvalue weighted by molar-refractivity contribution is 5.90. The van der Waals surface area contributed by atoms with E-state index in [4.69, 9.17) is 11.0 Å². The molecule has 0 bridgehead atoms. The number of amides is 1. The molecule has 4 nitrogen and oxygen atoms in total. The SMILES string of the molecule is CC(N)CCC(=O)Nc1ccc(F)c(C#N)c1. The Hall–Kier alpha value is -1.93. The lowest BCUT2D eigenvalue weighted by molar-refractivity contribution is -0.116. The number of nitriles is 1. The maximum atomic E-state index is 13.0. The molecule has 0 fully saturated rings. The average molecular weight is 235 g/mol. The standard InChI is InChI=1S/C12H14FN3O/c1-8(15)2-5-12(17)16-10-3-4-11(13)9(6-10)7-14/h3-4,6,8H,2,5,15H2,1H3,(H,16,17). The first-order chi connectivity index (χ1) is 8.02. The second-order valence-electron chi connectivity index (χ2n) is 3.87. The van der Waals surface area contributed by atoms with E-state index in [0.29, 0.717) is 18.5 Å². The minimum Gasteiger partial charge on any atom is -0.328 e. The number of benzene rings is 1. The molecule has 0 saturated heterocycles. The molecule has 1 aromatic rings. The van der Waals surface area contributed by atoms with Crippen LogP contribution in [0, 0.1) is 17.1 Å². The number of anilines is 1. The molecule has 1 aromatic carbocycles. The van der Waals surface area contributed by atoms with Gasteiger partial charge >= 0.3 is 0 Å². The average Bonchev–Trinajstić information content (AvgIpc) is 2.29. The van der Waals surface area contributed by atoms with Gasteiger partial charge in [-0.3, -0.25) is 4.79 Å². The summed E-state index contributed by atoms with van der Waals surface area (Å²) in [4.78, 5) is 11.5. The predicted molar refractivity (Wildman–Crippen MR) is 62.6 cm³/mol. The van der Waals surface area contributed by atoms with Gasteiger partial charge in [0.25, 0.3) is 0 Å². The number of hydrogen-bond acceptors (Lipinski definition) is 3. The van der Waals surface area contributed by atoms with Crippen LogP contribution >= 0.6 is 0 Å². The van der Waals surface area contributed by atoms with Crippen LogP contribution < -0.4 is 11.1 Å². The van der Waals surface area contributed by atoms with Gasteiger partial charge in [0.05, 0.1) is 5.56 Å². The number of carbonyl (C=O) groups is 1. The van der Waals surface area contributed by atoms with Crippen LogP contribution in [-0.4, -0.2) is 11.9 Å². The summed E-state index contributed by atoms with van der Waals surface area (Å²) < 4.78 is 13.0. The van der Waals surface area contributed by atoms with Gasteiger partial charge in [-0.15, -0.1) is 0 Å². The molecule has 90 valence electrons. The summed E-state index contributed by atoms with van der Waals surface area (Å²) in [5.74, 6) is -0.793. The lowest BCUT2D eigenvalue weighted by atomic mass is 10.1. The molecule has 17 heavy (non-hydrogen) atoms. The van der Waals surface area contributed by atoms with E-state index in [-0.39, 0.29) is 17.5 Å². The molecule has 3 N–H and O–H groups in total. The Balaban J connectivity index is 2.63. The summed E-state index contributed by atoms with van der Waals surface area (Å²) >= 11 is 0. The van der Waals surface area contributed by atoms with E-state index in [0.717, 1.165) is 6.07 Å². The van der Waals surface area contributed by atoms with Crippen LogP contribution in [0.15, 0.2) is 18.2 Å². The Morgan fingerprint density at radius 3 is 2.94 bits per heavy atom. The lowest BCUT2D eigenvalue weighted by Crippen LogP contribution is -2.19. The van der Waals surface area contributed by atoms with E-state index < -0.39 is 5.82 Å². The monoisotopic (exact) mass is 235 g/mol. The van der Waals surface area contributed by atoms with Crippen molar-refractivity contribution in [2.45, 2.75) is 25.8 Å². The first-order valence-electron chi connectivity index (χ1n) is 5.28. The molecule has 0 heterocycles. The summed E-state index contributed by atoms with van der Waals surface area (Å²) in [5, 5.41) is 11.2. The van der Waals surface area contributed by atoms with Crippen LogP contribution in [0.3, 0.4) is 0 Å². The van der Waals surface area contributed by atoms with Gasteiger partial charge in [0, 0.05) is 18.2 Å². The number of nitrogens with zero attached hydrogens (tertiary/aromatic N) is 1. The lowest BCUT2D eigenvalue weighted by Gasteiger charge is -2.07. The van der Waals surface area contributed by atoms with Crippen molar-refractivity contribution in [1.29, 1.82) is 5.26 Å². The Labute approximate surface area is 99.2 Å². The third-order valence-corrected chi connectivity index (χ3v) is 2.20. The summed E-state index contributed by atoms with van der Waals surface area (Å²) in [6.45, 7) is 1.82. The zero-order chi connectivity index (χ0) is 12.8. The van der Waals surface area contributed by atoms with Gasteiger partial charge in [0.1, 0.15) is 11.9 Å². The smallest absolute Gasteiger partial charge is 0.224 e. The summed E-state index contributed by atoms with van der Waals surface area (Å²) in [5.41, 5.74) is 5.85. The Morgan fingerprint density at radius 2 is 2.35 bits per heavy atom. The van der Waals surface area contributed by atoms with Crippen molar-refractivity contribution in [2.24, 2.45) is 5.73 Å². The summed E-state index contributed by atoms with van der Waals surface area (Å²) in [7, 11) is 0. The summed E-state index contributed by atoms with van der Waals surface area (Å²) in [6.07, 6.45) is 0.884. The highest BCUT2D eigenvalue weighted by Crippen LogP contribution is 2.14. The molecule has 0 saturated carbocycles. The number of carbonyl (C=O) groups excluding carboxylic acids is 1. The Kier molecular flexibility index (Phi) is 4.61. The van der Waals surface area contributed by atoms with Crippen LogP contribution in [-0.2, 0) is 4.79 Å². The molecule has 0 radical (unpaired) electrons. The van der Waals surface area contributed by atoms with Crippen molar-refractivity contribution >= 4 is 11.6 Å². The van der Waals surface area contributed by atoms with Crippen LogP contribution in [0.25, 0.3) is 0 Å². The molecule has 1 amide bonds. The molecular weight excluding hydrogens is 221 g/mol. The van der Waals surface area contributed by atoms with Gasteiger partial charge in [0.15, 0.2) is 0 Å². The fourth-order valence-corrected chi connectivity index (χ4v) is 1.27. The molecule has 0 aromatic heterocycles.